The van der Waals surface area contributed by atoms with Crippen LogP contribution < -0.4 is 74.6 Å². The summed E-state index contributed by atoms with van der Waals surface area (Å²) in [6.07, 6.45) is 0. The molecule has 0 aliphatic heterocycles. The van der Waals surface area contributed by atoms with E-state index in [0.717, 1.165) is 6.07 Å². The zero-order valence-electron chi connectivity index (χ0n) is 7.98. The summed E-state index contributed by atoms with van der Waals surface area (Å²) >= 11 is 22.4. The molecule has 0 aliphatic carbocycles. The minimum atomic E-state index is -2.22. The Labute approximate surface area is 152 Å². The van der Waals surface area contributed by atoms with Gasteiger partial charge in [0.1, 0.15) is 0 Å². The van der Waals surface area contributed by atoms with Crippen LogP contribution in [-0.4, -0.2) is 7.12 Å². The summed E-state index contributed by atoms with van der Waals surface area (Å²) in [5, 5.41) is 21.0. The smallest absolute Gasteiger partial charge is 0.889 e. The van der Waals surface area contributed by atoms with E-state index in [2.05, 4.69) is 0 Å². The van der Waals surface area contributed by atoms with Crippen molar-refractivity contribution in [1.29, 1.82) is 0 Å². The van der Waals surface area contributed by atoms with Gasteiger partial charge < -0.3 is 10.0 Å². The number of rotatable bonds is 1. The molecule has 9 heteroatoms. The summed E-state index contributed by atoms with van der Waals surface area (Å²) in [5.74, 6) is 0. The van der Waals surface area contributed by atoms with E-state index in [1.807, 2.05) is 0 Å². The quantitative estimate of drug-likeness (QED) is 0.296. The number of hydrogen-bond acceptors (Lipinski definition) is 2. The standard InChI is InChI=1S/C6HBCl4O2.2Na/c8-3-1-2(7(12)13)4(9)6(11)5(3)10;;/h1H;;/q-2;2*+1. The molecule has 0 bridgehead atoms. The molecule has 1 aromatic rings. The Balaban J connectivity index is 0. The van der Waals surface area contributed by atoms with Crippen LogP contribution in [-0.2, 0) is 0 Å². The molecule has 0 radical (unpaired) electrons. The van der Waals surface area contributed by atoms with Crippen LogP contribution in [0.5, 0.6) is 0 Å². The third kappa shape index (κ3) is 4.86. The third-order valence-corrected chi connectivity index (χ3v) is 3.15. The monoisotopic (exact) mass is 302 g/mol. The third-order valence-electron chi connectivity index (χ3n) is 1.38. The van der Waals surface area contributed by atoms with E-state index in [1.54, 1.807) is 0 Å². The van der Waals surface area contributed by atoms with Crippen molar-refractivity contribution in [1.82, 2.24) is 0 Å². The largest absolute Gasteiger partial charge is 1.00 e. The maximum atomic E-state index is 10.6. The van der Waals surface area contributed by atoms with E-state index in [1.165, 1.54) is 0 Å². The van der Waals surface area contributed by atoms with E-state index in [-0.39, 0.29) is 84.7 Å². The first-order chi connectivity index (χ1) is 5.95. The van der Waals surface area contributed by atoms with Gasteiger partial charge in [-0.1, -0.05) is 53.5 Å². The fourth-order valence-corrected chi connectivity index (χ4v) is 1.67. The average molecular weight is 304 g/mol. The molecule has 0 aromatic heterocycles. The molecule has 70 valence electrons. The predicted octanol–water partition coefficient (Wildman–Crippen LogP) is -5.28. The molecule has 15 heavy (non-hydrogen) atoms. The molecule has 0 heterocycles. The van der Waals surface area contributed by atoms with Crippen molar-refractivity contribution in [3.05, 3.63) is 26.2 Å². The maximum Gasteiger partial charge on any atom is 1.00 e. The van der Waals surface area contributed by atoms with Crippen molar-refractivity contribution >= 4 is 59.0 Å². The Kier molecular flexibility index (Phi) is 11.1. The van der Waals surface area contributed by atoms with Gasteiger partial charge in [-0.3, -0.25) is 0 Å². The molecular weight excluding hydrogens is 303 g/mol. The fourth-order valence-electron chi connectivity index (χ4n) is 0.763. The van der Waals surface area contributed by atoms with E-state index in [0.29, 0.717) is 0 Å². The van der Waals surface area contributed by atoms with E-state index in [4.69, 9.17) is 46.4 Å². The summed E-state index contributed by atoms with van der Waals surface area (Å²) < 4.78 is 0. The van der Waals surface area contributed by atoms with Crippen molar-refractivity contribution in [2.24, 2.45) is 0 Å². The summed E-state index contributed by atoms with van der Waals surface area (Å²) in [6, 6.07) is 1.13. The van der Waals surface area contributed by atoms with Crippen LogP contribution in [0.25, 0.3) is 0 Å². The summed E-state index contributed by atoms with van der Waals surface area (Å²) in [6.45, 7) is 0. The van der Waals surface area contributed by atoms with Crippen molar-refractivity contribution < 1.29 is 69.2 Å². The molecule has 2 nitrogen and oxygen atoms in total. The minimum absolute atomic E-state index is 0. The molecular formula is C6HBCl4Na2O2. The molecule has 0 fully saturated rings. The van der Waals surface area contributed by atoms with Crippen LogP contribution in [0.15, 0.2) is 6.07 Å². The van der Waals surface area contributed by atoms with Gasteiger partial charge in [0.15, 0.2) is 0 Å². The van der Waals surface area contributed by atoms with Gasteiger partial charge in [0.25, 0.3) is 0 Å². The first kappa shape index (κ1) is 19.7. The number of benzene rings is 1. The molecule has 0 amide bonds. The van der Waals surface area contributed by atoms with Gasteiger partial charge in [-0.05, 0) is 6.07 Å². The molecule has 0 saturated carbocycles. The van der Waals surface area contributed by atoms with E-state index >= 15 is 0 Å². The molecule has 0 atom stereocenters. The zero-order chi connectivity index (χ0) is 10.2. The average Bonchev–Trinajstić information content (AvgIpc) is 2.07. The summed E-state index contributed by atoms with van der Waals surface area (Å²) in [5.41, 5.74) is -0.193. The molecule has 0 unspecified atom stereocenters. The van der Waals surface area contributed by atoms with Gasteiger partial charge in [-0.25, -0.2) is 0 Å². The Hall–Kier alpha value is 2.36. The predicted molar refractivity (Wildman–Crippen MR) is 51.9 cm³/mol. The number of halogens is 4. The van der Waals surface area contributed by atoms with Gasteiger partial charge in [0, 0.05) is 0 Å². The summed E-state index contributed by atoms with van der Waals surface area (Å²) in [7, 11) is -2.22. The van der Waals surface area contributed by atoms with Crippen LogP contribution in [0, 0.1) is 0 Å². The van der Waals surface area contributed by atoms with E-state index < -0.39 is 7.12 Å². The molecule has 1 rings (SSSR count). The van der Waals surface area contributed by atoms with Gasteiger partial charge in [0.05, 0.1) is 20.1 Å². The van der Waals surface area contributed by atoms with Crippen molar-refractivity contribution in [2.75, 3.05) is 0 Å². The Morgan fingerprint density at radius 3 is 1.73 bits per heavy atom. The van der Waals surface area contributed by atoms with Crippen LogP contribution in [0.4, 0.5) is 0 Å². The first-order valence-corrected chi connectivity index (χ1v) is 4.61. The zero-order valence-corrected chi connectivity index (χ0v) is 15.0. The Morgan fingerprint density at radius 1 is 0.867 bits per heavy atom. The normalized spacial score (nSPS) is 8.93. The topological polar surface area (TPSA) is 46.1 Å². The second-order valence-electron chi connectivity index (χ2n) is 2.22. The van der Waals surface area contributed by atoms with Crippen molar-refractivity contribution in [3.8, 4) is 0 Å². The summed E-state index contributed by atoms with van der Waals surface area (Å²) in [4.78, 5) is 0. The first-order valence-electron chi connectivity index (χ1n) is 3.09. The fraction of sp³-hybridized carbons (Fsp3) is 0. The van der Waals surface area contributed by atoms with Gasteiger partial charge in [-0.15, -0.1) is 5.46 Å². The second kappa shape index (κ2) is 8.46. The van der Waals surface area contributed by atoms with Gasteiger partial charge in [-0.2, -0.15) is 0 Å². The SMILES string of the molecule is [Na+].[Na+].[O-]B([O-])c1cc(Cl)c(Cl)c(Cl)c1Cl. The molecule has 0 spiro atoms. The van der Waals surface area contributed by atoms with Crippen LogP contribution in [0.3, 0.4) is 0 Å². The van der Waals surface area contributed by atoms with Gasteiger partial charge >= 0.3 is 59.1 Å². The maximum absolute atomic E-state index is 10.6. The van der Waals surface area contributed by atoms with Crippen molar-refractivity contribution in [3.63, 3.8) is 0 Å². The Morgan fingerprint density at radius 2 is 1.33 bits per heavy atom. The molecule has 1 aromatic carbocycles. The Bertz CT molecular complexity index is 350. The minimum Gasteiger partial charge on any atom is -0.889 e. The van der Waals surface area contributed by atoms with Crippen LogP contribution in [0.2, 0.25) is 20.1 Å². The number of hydrogen-bond donors (Lipinski definition) is 0. The van der Waals surface area contributed by atoms with Gasteiger partial charge in [0.2, 0.25) is 0 Å². The molecule has 0 N–H and O–H groups in total. The second-order valence-corrected chi connectivity index (χ2v) is 3.76. The van der Waals surface area contributed by atoms with E-state index in [9.17, 15) is 10.0 Å². The molecule has 0 aliphatic rings. The molecule has 0 saturated heterocycles. The van der Waals surface area contributed by atoms with Crippen molar-refractivity contribution in [2.45, 2.75) is 0 Å². The van der Waals surface area contributed by atoms with Crippen LogP contribution in [0.1, 0.15) is 0 Å². The van der Waals surface area contributed by atoms with Crippen LogP contribution >= 0.6 is 46.4 Å².